The van der Waals surface area contributed by atoms with E-state index in [1.54, 1.807) is 17.1 Å². The molecule has 0 saturated carbocycles. The Kier molecular flexibility index (Phi) is 7.21. The minimum Gasteiger partial charge on any atom is -0.348 e. The average Bonchev–Trinajstić information content (AvgIpc) is 3.49. The number of thioether (sulfide) groups is 1. The molecule has 2 heterocycles. The fraction of sp³-hybridized carbons (Fsp3) is 0.167. The molecule has 0 aliphatic carbocycles. The maximum atomic E-state index is 12.5. The van der Waals surface area contributed by atoms with Gasteiger partial charge in [-0.25, -0.2) is 4.68 Å². The highest BCUT2D eigenvalue weighted by Crippen LogP contribution is 2.17. The Morgan fingerprint density at radius 3 is 2.42 bits per heavy atom. The molecule has 0 unspecified atom stereocenters. The number of rotatable bonds is 9. The summed E-state index contributed by atoms with van der Waals surface area (Å²) >= 11 is 1.46. The number of nitrogens with zero attached hydrogens (tertiary/aromatic N) is 4. The number of para-hydroxylation sites is 1. The molecule has 4 aromatic rings. The number of nitrogens with one attached hydrogen (secondary N) is 2. The van der Waals surface area contributed by atoms with E-state index in [0.717, 1.165) is 16.1 Å². The van der Waals surface area contributed by atoms with E-state index in [1.807, 2.05) is 73.8 Å². The molecule has 0 fully saturated rings. The SMILES string of the molecule is C[C@@H](NC(=O)Cn1cc(NC(=O)CSc2ccccc2)cn1)c1cnn(-c2ccccc2)c1. The number of carbonyl (C=O) groups excluding carboxylic acids is 2. The summed E-state index contributed by atoms with van der Waals surface area (Å²) < 4.78 is 3.27. The first-order valence-corrected chi connectivity index (χ1v) is 11.4. The van der Waals surface area contributed by atoms with Crippen molar-refractivity contribution >= 4 is 29.3 Å². The highest BCUT2D eigenvalue weighted by atomic mass is 32.2. The van der Waals surface area contributed by atoms with Crippen LogP contribution in [0.25, 0.3) is 5.69 Å². The summed E-state index contributed by atoms with van der Waals surface area (Å²) in [5.41, 5.74) is 2.41. The first-order valence-electron chi connectivity index (χ1n) is 10.5. The molecule has 0 bridgehead atoms. The predicted molar refractivity (Wildman–Crippen MR) is 128 cm³/mol. The van der Waals surface area contributed by atoms with Crippen molar-refractivity contribution in [2.45, 2.75) is 24.4 Å². The van der Waals surface area contributed by atoms with Gasteiger partial charge >= 0.3 is 0 Å². The van der Waals surface area contributed by atoms with Crippen LogP contribution in [0.2, 0.25) is 0 Å². The minimum absolute atomic E-state index is 0.0474. The molecule has 33 heavy (non-hydrogen) atoms. The van der Waals surface area contributed by atoms with Crippen molar-refractivity contribution in [1.82, 2.24) is 24.9 Å². The van der Waals surface area contributed by atoms with Crippen LogP contribution in [-0.4, -0.2) is 37.1 Å². The van der Waals surface area contributed by atoms with Gasteiger partial charge in [0.2, 0.25) is 11.8 Å². The number of amides is 2. The summed E-state index contributed by atoms with van der Waals surface area (Å²) in [4.78, 5) is 25.7. The molecule has 168 valence electrons. The van der Waals surface area contributed by atoms with E-state index in [-0.39, 0.29) is 24.4 Å². The van der Waals surface area contributed by atoms with Crippen LogP contribution < -0.4 is 10.6 Å². The van der Waals surface area contributed by atoms with Crippen LogP contribution in [0, 0.1) is 0 Å². The monoisotopic (exact) mass is 460 g/mol. The maximum Gasteiger partial charge on any atom is 0.242 e. The highest BCUT2D eigenvalue weighted by molar-refractivity contribution is 8.00. The summed E-state index contributed by atoms with van der Waals surface area (Å²) in [7, 11) is 0. The predicted octanol–water partition coefficient (Wildman–Crippen LogP) is 3.68. The third-order valence-corrected chi connectivity index (χ3v) is 5.85. The van der Waals surface area contributed by atoms with Crippen molar-refractivity contribution in [1.29, 1.82) is 0 Å². The quantitative estimate of drug-likeness (QED) is 0.372. The molecule has 0 aliphatic heterocycles. The van der Waals surface area contributed by atoms with E-state index in [9.17, 15) is 9.59 Å². The molecule has 0 spiro atoms. The number of benzene rings is 2. The van der Waals surface area contributed by atoms with E-state index in [1.165, 1.54) is 22.6 Å². The zero-order valence-electron chi connectivity index (χ0n) is 18.1. The number of hydrogen-bond acceptors (Lipinski definition) is 5. The first-order chi connectivity index (χ1) is 16.1. The fourth-order valence-corrected chi connectivity index (χ4v) is 3.90. The lowest BCUT2D eigenvalue weighted by atomic mass is 10.2. The van der Waals surface area contributed by atoms with Gasteiger partial charge in [-0.2, -0.15) is 10.2 Å². The Hall–Kier alpha value is -3.85. The molecular formula is C24H24N6O2S. The van der Waals surface area contributed by atoms with Crippen molar-refractivity contribution in [2.24, 2.45) is 0 Å². The van der Waals surface area contributed by atoms with Gasteiger partial charge in [0.15, 0.2) is 0 Å². The molecule has 1 atom stereocenters. The van der Waals surface area contributed by atoms with Crippen LogP contribution >= 0.6 is 11.8 Å². The third-order valence-electron chi connectivity index (χ3n) is 4.84. The van der Waals surface area contributed by atoms with Gasteiger partial charge in [0, 0.05) is 22.9 Å². The van der Waals surface area contributed by atoms with Gasteiger partial charge < -0.3 is 10.6 Å². The molecule has 0 radical (unpaired) electrons. The van der Waals surface area contributed by atoms with Crippen LogP contribution in [0.3, 0.4) is 0 Å². The van der Waals surface area contributed by atoms with Crippen molar-refractivity contribution in [3.8, 4) is 5.69 Å². The largest absolute Gasteiger partial charge is 0.348 e. The van der Waals surface area contributed by atoms with Crippen LogP contribution in [0.5, 0.6) is 0 Å². The zero-order valence-corrected chi connectivity index (χ0v) is 18.9. The second-order valence-corrected chi connectivity index (χ2v) is 8.47. The Labute approximate surface area is 196 Å². The third kappa shape index (κ3) is 6.33. The Morgan fingerprint density at radius 1 is 0.939 bits per heavy atom. The number of aromatic nitrogens is 4. The smallest absolute Gasteiger partial charge is 0.242 e. The molecule has 9 heteroatoms. The van der Waals surface area contributed by atoms with Crippen molar-refractivity contribution in [2.75, 3.05) is 11.1 Å². The lowest BCUT2D eigenvalue weighted by Crippen LogP contribution is -2.30. The molecule has 2 aromatic heterocycles. The highest BCUT2D eigenvalue weighted by Gasteiger charge is 2.13. The van der Waals surface area contributed by atoms with Crippen LogP contribution in [0.15, 0.2) is 90.3 Å². The van der Waals surface area contributed by atoms with Crippen LogP contribution in [0.1, 0.15) is 18.5 Å². The summed E-state index contributed by atoms with van der Waals surface area (Å²) in [5.74, 6) is -0.0170. The molecule has 0 aliphatic rings. The minimum atomic E-state index is -0.209. The van der Waals surface area contributed by atoms with Crippen LogP contribution in [0.4, 0.5) is 5.69 Å². The average molecular weight is 461 g/mol. The topological polar surface area (TPSA) is 93.8 Å². The van der Waals surface area contributed by atoms with Gasteiger partial charge in [0.05, 0.1) is 35.6 Å². The Balaban J connectivity index is 1.25. The van der Waals surface area contributed by atoms with Gasteiger partial charge in [-0.05, 0) is 31.2 Å². The molecule has 8 nitrogen and oxygen atoms in total. The molecule has 4 rings (SSSR count). The maximum absolute atomic E-state index is 12.5. The van der Waals surface area contributed by atoms with Crippen molar-refractivity contribution < 1.29 is 9.59 Å². The van der Waals surface area contributed by atoms with Gasteiger partial charge in [-0.15, -0.1) is 11.8 Å². The standard InChI is InChI=1S/C24H24N6O2S/c1-18(19-12-26-30(14-19)21-8-4-2-5-9-21)27-23(31)16-29-15-20(13-25-29)28-24(32)17-33-22-10-6-3-7-11-22/h2-15,18H,16-17H2,1H3,(H,27,31)(H,28,32)/t18-/m1/s1. The van der Waals surface area contributed by atoms with Crippen LogP contribution in [-0.2, 0) is 16.1 Å². The summed E-state index contributed by atoms with van der Waals surface area (Å²) in [5, 5.41) is 14.3. The van der Waals surface area contributed by atoms with E-state index >= 15 is 0 Å². The molecule has 0 saturated heterocycles. The first kappa shape index (κ1) is 22.3. The number of carbonyl (C=O) groups is 2. The molecule has 2 amide bonds. The van der Waals surface area contributed by atoms with E-state index < -0.39 is 0 Å². The van der Waals surface area contributed by atoms with Gasteiger partial charge in [0.25, 0.3) is 0 Å². The summed E-state index contributed by atoms with van der Waals surface area (Å²) in [6, 6.07) is 19.3. The number of anilines is 1. The second-order valence-electron chi connectivity index (χ2n) is 7.42. The summed E-state index contributed by atoms with van der Waals surface area (Å²) in [6.45, 7) is 1.95. The zero-order chi connectivity index (χ0) is 23.0. The van der Waals surface area contributed by atoms with Crippen molar-refractivity contribution in [3.05, 3.63) is 91.0 Å². The second kappa shape index (κ2) is 10.6. The summed E-state index contributed by atoms with van der Waals surface area (Å²) in [6.07, 6.45) is 6.82. The van der Waals surface area contributed by atoms with Gasteiger partial charge in [0.1, 0.15) is 6.54 Å². The molecule has 2 aromatic carbocycles. The van der Waals surface area contributed by atoms with E-state index in [2.05, 4.69) is 20.8 Å². The van der Waals surface area contributed by atoms with E-state index in [0.29, 0.717) is 11.4 Å². The number of hydrogen-bond donors (Lipinski definition) is 2. The lowest BCUT2D eigenvalue weighted by molar-refractivity contribution is -0.122. The molecular weight excluding hydrogens is 436 g/mol. The fourth-order valence-electron chi connectivity index (χ4n) is 3.18. The van der Waals surface area contributed by atoms with Crippen molar-refractivity contribution in [3.63, 3.8) is 0 Å². The lowest BCUT2D eigenvalue weighted by Gasteiger charge is -2.12. The Bertz CT molecular complexity index is 1210. The normalized spacial score (nSPS) is 11.7. The van der Waals surface area contributed by atoms with Gasteiger partial charge in [-0.1, -0.05) is 36.4 Å². The van der Waals surface area contributed by atoms with Gasteiger partial charge in [-0.3, -0.25) is 14.3 Å². The molecule has 2 N–H and O–H groups in total. The Morgan fingerprint density at radius 2 is 1.67 bits per heavy atom. The van der Waals surface area contributed by atoms with E-state index in [4.69, 9.17) is 0 Å².